The van der Waals surface area contributed by atoms with Crippen molar-refractivity contribution in [2.75, 3.05) is 0 Å². The third kappa shape index (κ3) is 3.88. The molecule has 1 aromatic rings. The van der Waals surface area contributed by atoms with E-state index in [-0.39, 0.29) is 1.43 Å². The highest BCUT2D eigenvalue weighted by molar-refractivity contribution is 5.80. The molecule has 1 nitrogen and oxygen atoms in total. The maximum absolute atomic E-state index is 11.4. The Morgan fingerprint density at radius 3 is 2.46 bits per heavy atom. The zero-order valence-corrected chi connectivity index (χ0v) is 8.29. The van der Waals surface area contributed by atoms with E-state index in [2.05, 4.69) is 13.8 Å². The summed E-state index contributed by atoms with van der Waals surface area (Å²) in [7, 11) is 0. The molecule has 0 amide bonds. The van der Waals surface area contributed by atoms with Gasteiger partial charge in [0.15, 0.2) is 0 Å². The number of ketones is 1. The van der Waals surface area contributed by atoms with Crippen LogP contribution in [0.4, 0.5) is 0 Å². The molecule has 0 radical (unpaired) electrons. The van der Waals surface area contributed by atoms with E-state index in [9.17, 15) is 4.79 Å². The maximum atomic E-state index is 11.4. The average molecular weight is 177 g/mol. The molecule has 13 heavy (non-hydrogen) atoms. The molecule has 0 heterocycles. The van der Waals surface area contributed by atoms with Crippen molar-refractivity contribution in [1.82, 2.24) is 0 Å². The third-order valence-corrected chi connectivity index (χ3v) is 1.88. The van der Waals surface area contributed by atoms with Gasteiger partial charge in [-0.2, -0.15) is 0 Å². The van der Waals surface area contributed by atoms with Crippen LogP contribution in [-0.4, -0.2) is 5.78 Å². The number of hydrogen-bond donors (Lipinski definition) is 0. The number of benzene rings is 1. The van der Waals surface area contributed by atoms with E-state index in [1.807, 2.05) is 30.3 Å². The fourth-order valence-corrected chi connectivity index (χ4v) is 1.35. The van der Waals surface area contributed by atoms with Gasteiger partial charge in [0.05, 0.1) is 0 Å². The normalized spacial score (nSPS) is 10.4. The summed E-state index contributed by atoms with van der Waals surface area (Å²) in [6.07, 6.45) is 1.27. The van der Waals surface area contributed by atoms with E-state index >= 15 is 0 Å². The summed E-state index contributed by atoms with van der Waals surface area (Å²) in [5.74, 6) is 0.803. The smallest absolute Gasteiger partial charge is 0.299 e. The van der Waals surface area contributed by atoms with E-state index in [0.29, 0.717) is 24.5 Å². The van der Waals surface area contributed by atoms with Crippen molar-refractivity contribution in [3.8, 4) is 0 Å². The summed E-state index contributed by atoms with van der Waals surface area (Å²) in [4.78, 5) is 11.4. The highest BCUT2D eigenvalue weighted by atomic mass is 16.1. The van der Waals surface area contributed by atoms with Crippen molar-refractivity contribution in [2.24, 2.45) is 5.92 Å². The monoisotopic (exact) mass is 177 g/mol. The highest BCUT2D eigenvalue weighted by Gasteiger charge is 2.05. The molecule has 0 saturated carbocycles. The van der Waals surface area contributed by atoms with Crippen molar-refractivity contribution in [2.45, 2.75) is 26.7 Å². The lowest BCUT2D eigenvalue weighted by molar-refractivity contribution is -0.119. The first kappa shape index (κ1) is 9.97. The SMILES string of the molecule is CC(C)CC(=O)Cc1ccccc1.[H+]. The second-order valence-electron chi connectivity index (χ2n) is 3.80. The van der Waals surface area contributed by atoms with E-state index in [1.165, 1.54) is 0 Å². The second-order valence-corrected chi connectivity index (χ2v) is 3.80. The Hall–Kier alpha value is -1.11. The average Bonchev–Trinajstić information content (AvgIpc) is 2.04. The van der Waals surface area contributed by atoms with Crippen LogP contribution in [0, 0.1) is 5.92 Å². The minimum Gasteiger partial charge on any atom is -0.299 e. The molecule has 0 saturated heterocycles. The Morgan fingerprint density at radius 2 is 1.92 bits per heavy atom. The van der Waals surface area contributed by atoms with Crippen LogP contribution in [0.25, 0.3) is 0 Å². The predicted molar refractivity (Wildman–Crippen MR) is 55.7 cm³/mol. The first-order chi connectivity index (χ1) is 6.18. The molecule has 0 spiro atoms. The van der Waals surface area contributed by atoms with Crippen LogP contribution in [-0.2, 0) is 11.2 Å². The van der Waals surface area contributed by atoms with Crippen molar-refractivity contribution in [3.63, 3.8) is 0 Å². The zero-order chi connectivity index (χ0) is 9.68. The van der Waals surface area contributed by atoms with Crippen molar-refractivity contribution in [3.05, 3.63) is 35.9 Å². The fraction of sp³-hybridized carbons (Fsp3) is 0.417. The van der Waals surface area contributed by atoms with Gasteiger partial charge in [-0.3, -0.25) is 4.79 Å². The van der Waals surface area contributed by atoms with E-state index in [1.54, 1.807) is 0 Å². The molecular formula is C12H17O+. The first-order valence-corrected chi connectivity index (χ1v) is 4.74. The van der Waals surface area contributed by atoms with Gasteiger partial charge < -0.3 is 0 Å². The summed E-state index contributed by atoms with van der Waals surface area (Å²) >= 11 is 0. The van der Waals surface area contributed by atoms with Crippen LogP contribution in [0.3, 0.4) is 0 Å². The Morgan fingerprint density at radius 1 is 1.31 bits per heavy atom. The topological polar surface area (TPSA) is 17.1 Å². The predicted octanol–water partition coefficient (Wildman–Crippen LogP) is 2.96. The molecule has 1 rings (SSSR count). The number of Topliss-reactive ketones (excluding diaryl/α,β-unsaturated/α-hetero) is 1. The Labute approximate surface area is 81.3 Å². The summed E-state index contributed by atoms with van der Waals surface area (Å²) in [5, 5.41) is 0. The molecule has 0 aromatic heterocycles. The summed E-state index contributed by atoms with van der Waals surface area (Å²) in [6.45, 7) is 4.14. The van der Waals surface area contributed by atoms with Gasteiger partial charge in [0, 0.05) is 12.8 Å². The lowest BCUT2D eigenvalue weighted by Gasteiger charge is -2.03. The molecule has 0 bridgehead atoms. The lowest BCUT2D eigenvalue weighted by atomic mass is 10.0. The molecule has 0 aliphatic heterocycles. The molecule has 1 aromatic carbocycles. The molecule has 1 heteroatoms. The van der Waals surface area contributed by atoms with Gasteiger partial charge >= 0.3 is 1.43 Å². The zero-order valence-electron chi connectivity index (χ0n) is 9.29. The van der Waals surface area contributed by atoms with Gasteiger partial charge in [-0.1, -0.05) is 44.2 Å². The van der Waals surface area contributed by atoms with Crippen LogP contribution in [0.5, 0.6) is 0 Å². The quantitative estimate of drug-likeness (QED) is 0.691. The number of carbonyl (C=O) groups excluding carboxylic acids is 1. The third-order valence-electron chi connectivity index (χ3n) is 1.88. The van der Waals surface area contributed by atoms with Crippen LogP contribution < -0.4 is 0 Å². The Bertz CT molecular complexity index is 267. The lowest BCUT2D eigenvalue weighted by Crippen LogP contribution is -2.05. The Balaban J connectivity index is 0.00000169. The van der Waals surface area contributed by atoms with Gasteiger partial charge in [0.25, 0.3) is 0 Å². The van der Waals surface area contributed by atoms with Crippen LogP contribution in [0.1, 0.15) is 27.3 Å². The largest absolute Gasteiger partial charge is 1.00 e. The maximum Gasteiger partial charge on any atom is 1.00 e. The van der Waals surface area contributed by atoms with Crippen molar-refractivity contribution < 1.29 is 6.22 Å². The summed E-state index contributed by atoms with van der Waals surface area (Å²) in [5.41, 5.74) is 1.12. The number of hydrogen-bond acceptors (Lipinski definition) is 1. The molecule has 0 aliphatic carbocycles. The first-order valence-electron chi connectivity index (χ1n) is 4.74. The van der Waals surface area contributed by atoms with Crippen molar-refractivity contribution in [1.29, 1.82) is 0 Å². The van der Waals surface area contributed by atoms with Gasteiger partial charge in [0.1, 0.15) is 5.78 Å². The molecule has 0 aliphatic rings. The van der Waals surface area contributed by atoms with E-state index in [4.69, 9.17) is 0 Å². The summed E-state index contributed by atoms with van der Waals surface area (Å²) in [6, 6.07) is 9.91. The van der Waals surface area contributed by atoms with Gasteiger partial charge in [-0.25, -0.2) is 0 Å². The molecule has 0 fully saturated rings. The van der Waals surface area contributed by atoms with Crippen LogP contribution in [0.15, 0.2) is 30.3 Å². The van der Waals surface area contributed by atoms with Gasteiger partial charge in [-0.05, 0) is 11.5 Å². The molecular weight excluding hydrogens is 160 g/mol. The minimum absolute atomic E-state index is 0. The number of rotatable bonds is 4. The second kappa shape index (κ2) is 4.80. The minimum atomic E-state index is 0. The molecule has 70 valence electrons. The van der Waals surface area contributed by atoms with Gasteiger partial charge in [-0.15, -0.1) is 0 Å². The number of carbonyl (C=O) groups is 1. The molecule has 0 unspecified atom stereocenters. The van der Waals surface area contributed by atoms with Gasteiger partial charge in [0.2, 0.25) is 0 Å². The van der Waals surface area contributed by atoms with Crippen LogP contribution in [0.2, 0.25) is 0 Å². The highest BCUT2D eigenvalue weighted by Crippen LogP contribution is 2.06. The standard InChI is InChI=1S/C12H16O/c1-10(2)8-12(13)9-11-6-4-3-5-7-11/h3-7,10H,8-9H2,1-2H3/p+1. The van der Waals surface area contributed by atoms with E-state index < -0.39 is 0 Å². The van der Waals surface area contributed by atoms with E-state index in [0.717, 1.165) is 5.56 Å². The molecule has 0 N–H and O–H groups in total. The Kier molecular flexibility index (Phi) is 3.69. The van der Waals surface area contributed by atoms with Crippen molar-refractivity contribution >= 4 is 5.78 Å². The van der Waals surface area contributed by atoms with Crippen LogP contribution >= 0.6 is 0 Å². The fourth-order valence-electron chi connectivity index (χ4n) is 1.35. The molecule has 0 atom stereocenters. The summed E-state index contributed by atoms with van der Waals surface area (Å²) < 4.78 is 0.